The monoisotopic (exact) mass is 259 g/mol. The first-order chi connectivity index (χ1) is 9.22. The predicted molar refractivity (Wildman–Crippen MR) is 64.9 cm³/mol. The fourth-order valence-electron chi connectivity index (χ4n) is 1.81. The minimum Gasteiger partial charge on any atom is -0.491 e. The van der Waals surface area contributed by atoms with E-state index in [1.165, 1.54) is 12.1 Å². The van der Waals surface area contributed by atoms with E-state index in [9.17, 15) is 4.39 Å². The summed E-state index contributed by atoms with van der Waals surface area (Å²) < 4.78 is 20.6. The fourth-order valence-corrected chi connectivity index (χ4v) is 1.81. The Hall–Kier alpha value is -2.63. The molecule has 19 heavy (non-hydrogen) atoms. The van der Waals surface area contributed by atoms with Gasteiger partial charge in [0.2, 0.25) is 0 Å². The van der Waals surface area contributed by atoms with E-state index in [4.69, 9.17) is 9.63 Å². The van der Waals surface area contributed by atoms with Crippen LogP contribution in [0.1, 0.15) is 5.56 Å². The topological polar surface area (TPSA) is 64.1 Å². The summed E-state index contributed by atoms with van der Waals surface area (Å²) in [4.78, 5) is 3.91. The van der Waals surface area contributed by atoms with E-state index in [0.29, 0.717) is 23.4 Å². The largest absolute Gasteiger partial charge is 0.491 e. The minimum absolute atomic E-state index is 0.224. The quantitative estimate of drug-likeness (QED) is 0.784. The van der Waals surface area contributed by atoms with Gasteiger partial charge in [0.1, 0.15) is 5.82 Å². The highest BCUT2D eigenvalue weighted by atomic mass is 19.1. The predicted octanol–water partition coefficient (Wildman–Crippen LogP) is 2.43. The Morgan fingerprint density at radius 2 is 2.21 bits per heavy atom. The number of halogens is 1. The van der Waals surface area contributed by atoms with Crippen LogP contribution in [0.2, 0.25) is 0 Å². The zero-order valence-electron chi connectivity index (χ0n) is 9.82. The number of hydrogen-bond acceptors (Lipinski definition) is 4. The Kier molecular flexibility index (Phi) is 2.75. The highest BCUT2D eigenvalue weighted by Gasteiger charge is 2.09. The van der Waals surface area contributed by atoms with Gasteiger partial charge < -0.3 is 14.2 Å². The summed E-state index contributed by atoms with van der Waals surface area (Å²) >= 11 is 0. The molecule has 2 aromatic heterocycles. The van der Waals surface area contributed by atoms with Crippen LogP contribution in [0.3, 0.4) is 0 Å². The van der Waals surface area contributed by atoms with Gasteiger partial charge in [-0.2, -0.15) is 0 Å². The maximum atomic E-state index is 14.0. The molecular weight excluding hydrogens is 249 g/mol. The molecule has 0 fully saturated rings. The number of rotatable bonds is 3. The first-order valence-electron chi connectivity index (χ1n) is 5.62. The zero-order chi connectivity index (χ0) is 13.2. The van der Waals surface area contributed by atoms with Crippen molar-refractivity contribution in [2.45, 2.75) is 6.54 Å². The summed E-state index contributed by atoms with van der Waals surface area (Å²) in [5.74, 6) is -0.245. The van der Waals surface area contributed by atoms with Crippen molar-refractivity contribution in [3.05, 3.63) is 54.4 Å². The highest BCUT2D eigenvalue weighted by molar-refractivity contribution is 5.58. The van der Waals surface area contributed by atoms with Crippen molar-refractivity contribution in [1.29, 1.82) is 0 Å². The van der Waals surface area contributed by atoms with Gasteiger partial charge in [-0.1, -0.05) is 12.1 Å². The van der Waals surface area contributed by atoms with Crippen molar-refractivity contribution >= 4 is 0 Å². The number of imidazole rings is 1. The van der Waals surface area contributed by atoms with Crippen LogP contribution in [0.15, 0.2) is 47.5 Å². The average molecular weight is 259 g/mol. The van der Waals surface area contributed by atoms with E-state index in [1.807, 2.05) is 0 Å². The minimum atomic E-state index is -0.345. The number of benzene rings is 1. The molecule has 0 amide bonds. The Bertz CT molecular complexity index is 692. The molecule has 0 bridgehead atoms. The van der Waals surface area contributed by atoms with Crippen LogP contribution in [0.25, 0.3) is 11.3 Å². The van der Waals surface area contributed by atoms with Gasteiger partial charge in [0.05, 0.1) is 12.9 Å². The van der Waals surface area contributed by atoms with E-state index >= 15 is 0 Å². The van der Waals surface area contributed by atoms with Crippen LogP contribution in [-0.2, 0) is 6.54 Å². The van der Waals surface area contributed by atoms with Crippen molar-refractivity contribution in [3.63, 3.8) is 0 Å². The van der Waals surface area contributed by atoms with Gasteiger partial charge in [0.25, 0.3) is 5.88 Å². The molecular formula is C13H10FN3O2. The van der Waals surface area contributed by atoms with Crippen molar-refractivity contribution in [1.82, 2.24) is 14.7 Å². The average Bonchev–Trinajstić information content (AvgIpc) is 3.03. The molecule has 0 unspecified atom stereocenters. The first kappa shape index (κ1) is 11.5. The molecule has 6 heteroatoms. The molecule has 3 aromatic rings. The smallest absolute Gasteiger partial charge is 0.252 e. The Morgan fingerprint density at radius 3 is 2.84 bits per heavy atom. The lowest BCUT2D eigenvalue weighted by Crippen LogP contribution is -1.99. The van der Waals surface area contributed by atoms with E-state index in [-0.39, 0.29) is 11.7 Å². The van der Waals surface area contributed by atoms with Gasteiger partial charge >= 0.3 is 0 Å². The lowest BCUT2D eigenvalue weighted by Gasteiger charge is -2.05. The summed E-state index contributed by atoms with van der Waals surface area (Å²) in [6, 6.07) is 6.08. The van der Waals surface area contributed by atoms with Gasteiger partial charge in [-0.3, -0.25) is 0 Å². The van der Waals surface area contributed by atoms with Gasteiger partial charge in [0.15, 0.2) is 5.76 Å². The summed E-state index contributed by atoms with van der Waals surface area (Å²) in [6.45, 7) is 0.410. The number of aromatic hydroxyl groups is 1. The van der Waals surface area contributed by atoms with Crippen molar-refractivity contribution in [2.24, 2.45) is 0 Å². The second-order valence-corrected chi connectivity index (χ2v) is 4.09. The Morgan fingerprint density at radius 1 is 1.32 bits per heavy atom. The van der Waals surface area contributed by atoms with Crippen LogP contribution in [0, 0.1) is 5.82 Å². The van der Waals surface area contributed by atoms with E-state index in [1.54, 1.807) is 35.4 Å². The summed E-state index contributed by atoms with van der Waals surface area (Å²) in [5.41, 5.74) is 1.07. The first-order valence-corrected chi connectivity index (χ1v) is 5.62. The number of nitrogens with zero attached hydrogens (tertiary/aromatic N) is 3. The van der Waals surface area contributed by atoms with E-state index in [0.717, 1.165) is 0 Å². The fraction of sp³-hybridized carbons (Fsp3) is 0.0769. The van der Waals surface area contributed by atoms with Gasteiger partial charge in [-0.15, -0.1) is 0 Å². The second-order valence-electron chi connectivity index (χ2n) is 4.09. The SMILES string of the molecule is Oc1cc(-c2ccc(Cn3ccnc3)c(F)c2)on1. The summed E-state index contributed by atoms with van der Waals surface area (Å²) in [6.07, 6.45) is 5.03. The van der Waals surface area contributed by atoms with Crippen LogP contribution in [-0.4, -0.2) is 19.8 Å². The van der Waals surface area contributed by atoms with Gasteiger partial charge in [0, 0.05) is 29.6 Å². The zero-order valence-corrected chi connectivity index (χ0v) is 9.82. The number of aromatic nitrogens is 3. The molecule has 1 N–H and O–H groups in total. The molecule has 0 spiro atoms. The lowest BCUT2D eigenvalue weighted by atomic mass is 10.1. The molecule has 0 radical (unpaired) electrons. The second kappa shape index (κ2) is 4.56. The normalized spacial score (nSPS) is 10.8. The van der Waals surface area contributed by atoms with Crippen LogP contribution in [0.4, 0.5) is 4.39 Å². The Balaban J connectivity index is 1.89. The molecule has 2 heterocycles. The van der Waals surface area contributed by atoms with Crippen molar-refractivity contribution in [3.8, 4) is 17.2 Å². The molecule has 96 valence electrons. The number of hydrogen-bond donors (Lipinski definition) is 1. The van der Waals surface area contributed by atoms with Gasteiger partial charge in [-0.25, -0.2) is 9.37 Å². The standard InChI is InChI=1S/C13H10FN3O2/c14-11-5-9(12-6-13(18)16-19-12)1-2-10(11)7-17-4-3-15-8-17/h1-6,8H,7H2,(H,16,18). The van der Waals surface area contributed by atoms with Crippen LogP contribution in [0.5, 0.6) is 5.88 Å². The third-order valence-electron chi connectivity index (χ3n) is 2.75. The molecule has 0 atom stereocenters. The van der Waals surface area contributed by atoms with E-state index < -0.39 is 0 Å². The summed E-state index contributed by atoms with van der Waals surface area (Å²) in [7, 11) is 0. The molecule has 3 rings (SSSR count). The van der Waals surface area contributed by atoms with E-state index in [2.05, 4.69) is 10.1 Å². The molecule has 5 nitrogen and oxygen atoms in total. The Labute approximate surface area is 107 Å². The maximum Gasteiger partial charge on any atom is 0.252 e. The molecule has 0 aliphatic heterocycles. The lowest BCUT2D eigenvalue weighted by molar-refractivity contribution is 0.365. The molecule has 0 aliphatic carbocycles. The molecule has 0 aliphatic rings. The maximum absolute atomic E-state index is 14.0. The molecule has 1 aromatic carbocycles. The van der Waals surface area contributed by atoms with Crippen molar-refractivity contribution < 1.29 is 14.0 Å². The third-order valence-corrected chi connectivity index (χ3v) is 2.75. The molecule has 0 saturated carbocycles. The van der Waals surface area contributed by atoms with Crippen LogP contribution >= 0.6 is 0 Å². The van der Waals surface area contributed by atoms with Gasteiger partial charge in [-0.05, 0) is 11.2 Å². The van der Waals surface area contributed by atoms with Crippen molar-refractivity contribution in [2.75, 3.05) is 0 Å². The third kappa shape index (κ3) is 2.33. The summed E-state index contributed by atoms with van der Waals surface area (Å²) in [5, 5.41) is 12.5. The van der Waals surface area contributed by atoms with Crippen LogP contribution < -0.4 is 0 Å². The molecule has 0 saturated heterocycles. The highest BCUT2D eigenvalue weighted by Crippen LogP contribution is 2.25.